The van der Waals surface area contributed by atoms with E-state index < -0.39 is 0 Å². The van der Waals surface area contributed by atoms with Crippen molar-refractivity contribution < 1.29 is 9.53 Å². The van der Waals surface area contributed by atoms with E-state index in [1.54, 1.807) is 18.5 Å². The Labute approximate surface area is 84.6 Å². The molecule has 0 fully saturated rings. The predicted molar refractivity (Wildman–Crippen MR) is 53.2 cm³/mol. The van der Waals surface area contributed by atoms with Crippen molar-refractivity contribution in [2.45, 2.75) is 0 Å². The number of H-pyrrole nitrogens is 1. The van der Waals surface area contributed by atoms with Crippen LogP contribution in [0.3, 0.4) is 0 Å². The van der Waals surface area contributed by atoms with E-state index in [4.69, 9.17) is 0 Å². The Balaban J connectivity index is 2.31. The predicted octanol–water partition coefficient (Wildman–Crippen LogP) is 1.92. The van der Waals surface area contributed by atoms with Crippen LogP contribution in [0.25, 0.3) is 11.4 Å². The van der Waals surface area contributed by atoms with Gasteiger partial charge in [0, 0.05) is 23.3 Å². The summed E-state index contributed by atoms with van der Waals surface area (Å²) in [5, 5.41) is 1.87. The lowest BCUT2D eigenvalue weighted by atomic mass is 10.3. The standard InChI is InChI=1S/C9H8N2O2S/c1-13-9(12)7-4-6(5-14-7)8-10-2-3-11-8/h2-5H,1H3,(H,10,11). The van der Waals surface area contributed by atoms with Crippen LogP contribution in [-0.2, 0) is 4.74 Å². The van der Waals surface area contributed by atoms with Gasteiger partial charge in [0.25, 0.3) is 0 Å². The molecular formula is C9H8N2O2S. The van der Waals surface area contributed by atoms with Gasteiger partial charge in [-0.3, -0.25) is 0 Å². The molecule has 0 saturated carbocycles. The number of hydrogen-bond donors (Lipinski definition) is 1. The van der Waals surface area contributed by atoms with Crippen molar-refractivity contribution in [3.63, 3.8) is 0 Å². The highest BCUT2D eigenvalue weighted by Crippen LogP contribution is 2.22. The van der Waals surface area contributed by atoms with E-state index in [9.17, 15) is 4.79 Å². The van der Waals surface area contributed by atoms with Crippen LogP contribution in [-0.4, -0.2) is 23.0 Å². The molecule has 72 valence electrons. The summed E-state index contributed by atoms with van der Waals surface area (Å²) >= 11 is 1.35. The fourth-order valence-electron chi connectivity index (χ4n) is 1.09. The van der Waals surface area contributed by atoms with E-state index in [2.05, 4.69) is 14.7 Å². The maximum absolute atomic E-state index is 11.2. The minimum absolute atomic E-state index is 0.312. The third-order valence-corrected chi connectivity index (χ3v) is 2.67. The van der Waals surface area contributed by atoms with Gasteiger partial charge in [-0.05, 0) is 6.07 Å². The number of hydrogen-bond acceptors (Lipinski definition) is 4. The SMILES string of the molecule is COC(=O)c1cc(-c2ncc[nH]2)cs1. The molecule has 0 aliphatic heterocycles. The van der Waals surface area contributed by atoms with Gasteiger partial charge >= 0.3 is 5.97 Å². The normalized spacial score (nSPS) is 10.1. The van der Waals surface area contributed by atoms with Gasteiger partial charge in [-0.1, -0.05) is 0 Å². The van der Waals surface area contributed by atoms with E-state index in [0.717, 1.165) is 11.4 Å². The first-order chi connectivity index (χ1) is 6.81. The number of nitrogens with one attached hydrogen (secondary N) is 1. The summed E-state index contributed by atoms with van der Waals surface area (Å²) in [7, 11) is 1.37. The van der Waals surface area contributed by atoms with Crippen LogP contribution in [0.5, 0.6) is 0 Å². The van der Waals surface area contributed by atoms with Crippen molar-refractivity contribution in [2.75, 3.05) is 7.11 Å². The van der Waals surface area contributed by atoms with Gasteiger partial charge in [-0.15, -0.1) is 11.3 Å². The first-order valence-electron chi connectivity index (χ1n) is 3.98. The van der Waals surface area contributed by atoms with Gasteiger partial charge in [-0.2, -0.15) is 0 Å². The fourth-order valence-corrected chi connectivity index (χ4v) is 1.90. The number of nitrogens with zero attached hydrogens (tertiary/aromatic N) is 1. The summed E-state index contributed by atoms with van der Waals surface area (Å²) < 4.78 is 4.61. The van der Waals surface area contributed by atoms with Crippen LogP contribution in [0.2, 0.25) is 0 Å². The van der Waals surface area contributed by atoms with E-state index >= 15 is 0 Å². The summed E-state index contributed by atoms with van der Waals surface area (Å²) in [6.45, 7) is 0. The van der Waals surface area contributed by atoms with Crippen LogP contribution in [0, 0.1) is 0 Å². The quantitative estimate of drug-likeness (QED) is 0.767. The Bertz CT molecular complexity index is 433. The van der Waals surface area contributed by atoms with Gasteiger partial charge < -0.3 is 9.72 Å². The van der Waals surface area contributed by atoms with Crippen LogP contribution in [0.15, 0.2) is 23.8 Å². The second-order valence-corrected chi connectivity index (χ2v) is 3.54. The minimum Gasteiger partial charge on any atom is -0.465 e. The second-order valence-electron chi connectivity index (χ2n) is 2.63. The highest BCUT2D eigenvalue weighted by Gasteiger charge is 2.10. The number of imidazole rings is 1. The third-order valence-electron chi connectivity index (χ3n) is 1.76. The molecular weight excluding hydrogens is 200 g/mol. The first-order valence-corrected chi connectivity index (χ1v) is 4.86. The number of carbonyl (C=O) groups excluding carboxylic acids is 1. The van der Waals surface area contributed by atoms with Crippen molar-refractivity contribution in [3.8, 4) is 11.4 Å². The number of methoxy groups -OCH3 is 1. The van der Waals surface area contributed by atoms with Crippen LogP contribution < -0.4 is 0 Å². The average Bonchev–Trinajstić information content (AvgIpc) is 2.86. The fraction of sp³-hybridized carbons (Fsp3) is 0.111. The van der Waals surface area contributed by atoms with Crippen molar-refractivity contribution in [2.24, 2.45) is 0 Å². The number of rotatable bonds is 2. The van der Waals surface area contributed by atoms with Crippen molar-refractivity contribution >= 4 is 17.3 Å². The molecule has 2 aromatic rings. The lowest BCUT2D eigenvalue weighted by Gasteiger charge is -1.91. The minimum atomic E-state index is -0.312. The molecule has 14 heavy (non-hydrogen) atoms. The number of aromatic nitrogens is 2. The molecule has 2 aromatic heterocycles. The molecule has 5 heteroatoms. The highest BCUT2D eigenvalue weighted by atomic mass is 32.1. The van der Waals surface area contributed by atoms with Crippen LogP contribution in [0.1, 0.15) is 9.67 Å². The zero-order chi connectivity index (χ0) is 9.97. The van der Waals surface area contributed by atoms with E-state index in [1.807, 2.05) is 5.38 Å². The molecule has 0 unspecified atom stereocenters. The monoisotopic (exact) mass is 208 g/mol. The lowest BCUT2D eigenvalue weighted by molar-refractivity contribution is 0.0606. The molecule has 0 saturated heterocycles. The van der Waals surface area contributed by atoms with Gasteiger partial charge in [-0.25, -0.2) is 9.78 Å². The summed E-state index contributed by atoms with van der Waals surface area (Å²) in [5.41, 5.74) is 0.903. The molecule has 4 nitrogen and oxygen atoms in total. The maximum Gasteiger partial charge on any atom is 0.348 e. The van der Waals surface area contributed by atoms with Crippen molar-refractivity contribution in [3.05, 3.63) is 28.7 Å². The number of thiophene rings is 1. The molecule has 0 radical (unpaired) electrons. The first kappa shape index (κ1) is 8.96. The van der Waals surface area contributed by atoms with E-state index in [0.29, 0.717) is 4.88 Å². The van der Waals surface area contributed by atoms with Gasteiger partial charge in [0.2, 0.25) is 0 Å². The molecule has 0 amide bonds. The zero-order valence-electron chi connectivity index (χ0n) is 7.48. The smallest absolute Gasteiger partial charge is 0.348 e. The molecule has 0 aliphatic rings. The molecule has 2 rings (SSSR count). The molecule has 2 heterocycles. The molecule has 0 aromatic carbocycles. The highest BCUT2D eigenvalue weighted by molar-refractivity contribution is 7.12. The zero-order valence-corrected chi connectivity index (χ0v) is 8.30. The Kier molecular flexibility index (Phi) is 2.32. The van der Waals surface area contributed by atoms with Crippen LogP contribution >= 0.6 is 11.3 Å². The Morgan fingerprint density at radius 2 is 2.50 bits per heavy atom. The summed E-state index contributed by atoms with van der Waals surface area (Å²) in [6.07, 6.45) is 3.41. The molecule has 1 N–H and O–H groups in total. The Morgan fingerprint density at radius 3 is 3.14 bits per heavy atom. The number of esters is 1. The average molecular weight is 208 g/mol. The molecule has 0 spiro atoms. The largest absolute Gasteiger partial charge is 0.465 e. The lowest BCUT2D eigenvalue weighted by Crippen LogP contribution is -1.96. The number of ether oxygens (including phenoxy) is 1. The van der Waals surface area contributed by atoms with Crippen LogP contribution in [0.4, 0.5) is 0 Å². The van der Waals surface area contributed by atoms with Gasteiger partial charge in [0.1, 0.15) is 10.7 Å². The Hall–Kier alpha value is -1.62. The maximum atomic E-state index is 11.2. The number of carbonyl (C=O) groups is 1. The molecule has 0 bridgehead atoms. The topological polar surface area (TPSA) is 55.0 Å². The summed E-state index contributed by atoms with van der Waals surface area (Å²) in [5.74, 6) is 0.448. The molecule has 0 aliphatic carbocycles. The van der Waals surface area contributed by atoms with Crippen molar-refractivity contribution in [1.29, 1.82) is 0 Å². The summed E-state index contributed by atoms with van der Waals surface area (Å²) in [6, 6.07) is 1.76. The van der Waals surface area contributed by atoms with E-state index in [1.165, 1.54) is 18.4 Å². The van der Waals surface area contributed by atoms with Gasteiger partial charge in [0.15, 0.2) is 0 Å². The van der Waals surface area contributed by atoms with Gasteiger partial charge in [0.05, 0.1) is 7.11 Å². The third kappa shape index (κ3) is 1.54. The van der Waals surface area contributed by atoms with E-state index in [-0.39, 0.29) is 5.97 Å². The number of aromatic amines is 1. The summed E-state index contributed by atoms with van der Waals surface area (Å²) in [4.78, 5) is 18.8. The van der Waals surface area contributed by atoms with Crippen molar-refractivity contribution in [1.82, 2.24) is 9.97 Å². The Morgan fingerprint density at radius 1 is 1.64 bits per heavy atom. The molecule has 0 atom stereocenters. The second kappa shape index (κ2) is 3.63.